The minimum atomic E-state index is -0.950. The Morgan fingerprint density at radius 3 is 2.21 bits per heavy atom. The largest absolute Gasteiger partial charge is 0.481 e. The first-order valence-electron chi connectivity index (χ1n) is 11.4. The quantitative estimate of drug-likeness (QED) is 0.687. The molecule has 174 valence electrons. The highest BCUT2D eigenvalue weighted by molar-refractivity contribution is 6.34. The zero-order valence-electron chi connectivity index (χ0n) is 18.4. The Morgan fingerprint density at radius 2 is 1.55 bits per heavy atom. The van der Waals surface area contributed by atoms with Gasteiger partial charge in [-0.1, -0.05) is 48.7 Å². The van der Waals surface area contributed by atoms with Crippen LogP contribution in [0.3, 0.4) is 0 Å². The summed E-state index contributed by atoms with van der Waals surface area (Å²) in [5, 5.41) is 12.6. The van der Waals surface area contributed by atoms with Gasteiger partial charge in [0.1, 0.15) is 0 Å². The molecule has 0 bridgehead atoms. The second-order valence-corrected chi connectivity index (χ2v) is 9.01. The van der Waals surface area contributed by atoms with Gasteiger partial charge in [0.05, 0.1) is 28.1 Å². The van der Waals surface area contributed by atoms with Crippen LogP contribution in [0.15, 0.2) is 48.5 Å². The predicted octanol–water partition coefficient (Wildman–Crippen LogP) is 4.13. The number of hydrogen-bond acceptors (Lipinski definition) is 4. The molecule has 7 nitrogen and oxygen atoms in total. The molecule has 1 saturated carbocycles. The molecule has 2 amide bonds. The molecule has 0 spiro atoms. The number of carboxylic acids is 1. The normalized spacial score (nSPS) is 20.9. The lowest BCUT2D eigenvalue weighted by Crippen LogP contribution is -2.49. The van der Waals surface area contributed by atoms with Crippen LogP contribution in [0.5, 0.6) is 0 Å². The molecule has 2 aliphatic rings. The van der Waals surface area contributed by atoms with Gasteiger partial charge < -0.3 is 20.2 Å². The van der Waals surface area contributed by atoms with Gasteiger partial charge in [-0.3, -0.25) is 14.4 Å². The molecule has 8 heteroatoms. The van der Waals surface area contributed by atoms with Crippen molar-refractivity contribution in [2.24, 2.45) is 11.8 Å². The van der Waals surface area contributed by atoms with Crippen molar-refractivity contribution in [3.63, 3.8) is 0 Å². The third-order valence-electron chi connectivity index (χ3n) is 6.59. The van der Waals surface area contributed by atoms with Crippen LogP contribution in [0.4, 0.5) is 11.4 Å². The highest BCUT2D eigenvalue weighted by Crippen LogP contribution is 2.33. The van der Waals surface area contributed by atoms with Gasteiger partial charge in [-0.2, -0.15) is 0 Å². The number of anilines is 2. The van der Waals surface area contributed by atoms with Crippen LogP contribution >= 0.6 is 11.6 Å². The minimum absolute atomic E-state index is 0.234. The lowest BCUT2D eigenvalue weighted by Gasteiger charge is -2.36. The first-order chi connectivity index (χ1) is 16.0. The fourth-order valence-electron chi connectivity index (χ4n) is 4.78. The standard InChI is InChI=1S/C25H28ClN3O4/c26-20-11-6-12-21(27-23(30)18-9-4-5-10-19(18)25(32)33)22(20)24(31)29-15-13-28(14-16-29)17-7-2-1-3-8-17/h1-3,6-8,11-12,18-19H,4-5,9-10,13-16H2,(H,27,30)(H,32,33)/t18-,19+/m0/s1. The van der Waals surface area contributed by atoms with Crippen LogP contribution < -0.4 is 10.2 Å². The number of hydrogen-bond donors (Lipinski definition) is 2. The summed E-state index contributed by atoms with van der Waals surface area (Å²) < 4.78 is 0. The van der Waals surface area contributed by atoms with Gasteiger partial charge >= 0.3 is 5.97 Å². The smallest absolute Gasteiger partial charge is 0.307 e. The first-order valence-corrected chi connectivity index (χ1v) is 11.7. The molecule has 2 aromatic carbocycles. The van der Waals surface area contributed by atoms with E-state index in [1.807, 2.05) is 18.2 Å². The van der Waals surface area contributed by atoms with E-state index in [0.717, 1.165) is 18.5 Å². The maximum atomic E-state index is 13.4. The Balaban J connectivity index is 1.48. The van der Waals surface area contributed by atoms with Crippen LogP contribution in [-0.2, 0) is 9.59 Å². The summed E-state index contributed by atoms with van der Waals surface area (Å²) in [4.78, 5) is 42.0. The summed E-state index contributed by atoms with van der Waals surface area (Å²) in [5.41, 5.74) is 1.71. The second kappa shape index (κ2) is 10.3. The molecule has 1 aliphatic heterocycles. The highest BCUT2D eigenvalue weighted by atomic mass is 35.5. The number of carboxylic acid groups (broad SMARTS) is 1. The van der Waals surface area contributed by atoms with E-state index in [2.05, 4.69) is 22.3 Å². The average molecular weight is 470 g/mol. The van der Waals surface area contributed by atoms with Crippen molar-refractivity contribution in [1.29, 1.82) is 0 Å². The average Bonchev–Trinajstić information content (AvgIpc) is 2.84. The van der Waals surface area contributed by atoms with Crippen LogP contribution in [0.1, 0.15) is 36.0 Å². The summed E-state index contributed by atoms with van der Waals surface area (Å²) in [5.74, 6) is -2.88. The molecule has 0 radical (unpaired) electrons. The van der Waals surface area contributed by atoms with Crippen molar-refractivity contribution in [2.45, 2.75) is 25.7 Å². The van der Waals surface area contributed by atoms with E-state index in [1.165, 1.54) is 0 Å². The van der Waals surface area contributed by atoms with E-state index in [0.29, 0.717) is 44.7 Å². The molecular weight excluding hydrogens is 442 g/mol. The number of amides is 2. The molecule has 2 atom stereocenters. The van der Waals surface area contributed by atoms with Gasteiger partial charge in [-0.15, -0.1) is 0 Å². The number of benzene rings is 2. The molecule has 2 aromatic rings. The Hall–Kier alpha value is -3.06. The Morgan fingerprint density at radius 1 is 0.879 bits per heavy atom. The Labute approximate surface area is 198 Å². The maximum Gasteiger partial charge on any atom is 0.307 e. The van der Waals surface area contributed by atoms with E-state index in [9.17, 15) is 19.5 Å². The zero-order valence-corrected chi connectivity index (χ0v) is 19.1. The third-order valence-corrected chi connectivity index (χ3v) is 6.91. The van der Waals surface area contributed by atoms with Crippen LogP contribution in [-0.4, -0.2) is 54.0 Å². The topological polar surface area (TPSA) is 90.0 Å². The van der Waals surface area contributed by atoms with Crippen molar-refractivity contribution in [2.75, 3.05) is 36.4 Å². The van der Waals surface area contributed by atoms with Gasteiger partial charge in [0.25, 0.3) is 5.91 Å². The van der Waals surface area contributed by atoms with Crippen LogP contribution in [0.2, 0.25) is 5.02 Å². The first kappa shape index (κ1) is 23.1. The molecule has 2 N–H and O–H groups in total. The number of nitrogens with one attached hydrogen (secondary N) is 1. The Kier molecular flexibility index (Phi) is 7.18. The maximum absolute atomic E-state index is 13.4. The summed E-state index contributed by atoms with van der Waals surface area (Å²) in [6.45, 7) is 2.47. The summed E-state index contributed by atoms with van der Waals surface area (Å²) in [6, 6.07) is 15.0. The molecule has 2 fully saturated rings. The molecule has 0 unspecified atom stereocenters. The number of carbonyl (C=O) groups is 3. The van der Waals surface area contributed by atoms with Crippen molar-refractivity contribution in [1.82, 2.24) is 4.90 Å². The van der Waals surface area contributed by atoms with Crippen molar-refractivity contribution in [3.05, 3.63) is 59.1 Å². The molecule has 1 heterocycles. The number of para-hydroxylation sites is 1. The molecule has 4 rings (SSSR count). The molecule has 33 heavy (non-hydrogen) atoms. The lowest BCUT2D eigenvalue weighted by atomic mass is 9.78. The van der Waals surface area contributed by atoms with Gasteiger partial charge in [0.15, 0.2) is 0 Å². The zero-order chi connectivity index (χ0) is 23.4. The number of rotatable bonds is 5. The summed E-state index contributed by atoms with van der Waals surface area (Å²) in [7, 11) is 0. The fourth-order valence-corrected chi connectivity index (χ4v) is 5.03. The van der Waals surface area contributed by atoms with Gasteiger partial charge in [0, 0.05) is 31.9 Å². The van der Waals surface area contributed by atoms with E-state index >= 15 is 0 Å². The number of halogens is 1. The summed E-state index contributed by atoms with van der Waals surface area (Å²) in [6.07, 6.45) is 2.63. The minimum Gasteiger partial charge on any atom is -0.481 e. The van der Waals surface area contributed by atoms with Crippen LogP contribution in [0.25, 0.3) is 0 Å². The van der Waals surface area contributed by atoms with Crippen molar-refractivity contribution >= 4 is 40.8 Å². The van der Waals surface area contributed by atoms with E-state index in [4.69, 9.17) is 11.6 Å². The number of aliphatic carboxylic acids is 1. The predicted molar refractivity (Wildman–Crippen MR) is 128 cm³/mol. The Bertz CT molecular complexity index is 1020. The molecular formula is C25H28ClN3O4. The van der Waals surface area contributed by atoms with Crippen molar-refractivity contribution < 1.29 is 19.5 Å². The number of piperazine rings is 1. The number of carbonyl (C=O) groups excluding carboxylic acids is 2. The molecule has 1 aliphatic carbocycles. The lowest BCUT2D eigenvalue weighted by molar-refractivity contribution is -0.147. The SMILES string of the molecule is O=C(Nc1cccc(Cl)c1C(=O)N1CCN(c2ccccc2)CC1)[C@H]1CCCC[C@H]1C(=O)O. The monoisotopic (exact) mass is 469 g/mol. The van der Waals surface area contributed by atoms with E-state index in [-0.39, 0.29) is 22.4 Å². The highest BCUT2D eigenvalue weighted by Gasteiger charge is 2.36. The second-order valence-electron chi connectivity index (χ2n) is 8.60. The summed E-state index contributed by atoms with van der Waals surface area (Å²) >= 11 is 6.41. The third kappa shape index (κ3) is 5.14. The number of nitrogens with zero attached hydrogens (tertiary/aromatic N) is 2. The molecule has 1 saturated heterocycles. The van der Waals surface area contributed by atoms with Gasteiger partial charge in [-0.25, -0.2) is 0 Å². The van der Waals surface area contributed by atoms with Gasteiger partial charge in [0.2, 0.25) is 5.91 Å². The van der Waals surface area contributed by atoms with E-state index < -0.39 is 17.8 Å². The van der Waals surface area contributed by atoms with E-state index in [1.54, 1.807) is 23.1 Å². The van der Waals surface area contributed by atoms with Crippen LogP contribution in [0, 0.1) is 11.8 Å². The fraction of sp³-hybridized carbons (Fsp3) is 0.400. The molecule has 0 aromatic heterocycles. The van der Waals surface area contributed by atoms with Crippen molar-refractivity contribution in [3.8, 4) is 0 Å². The van der Waals surface area contributed by atoms with Gasteiger partial charge in [-0.05, 0) is 37.1 Å².